The van der Waals surface area contributed by atoms with Gasteiger partial charge in [-0.15, -0.1) is 0 Å². The van der Waals surface area contributed by atoms with Gasteiger partial charge in [0.15, 0.2) is 0 Å². The molecule has 0 aromatic heterocycles. The van der Waals surface area contributed by atoms with Crippen LogP contribution < -0.4 is 9.62 Å². The van der Waals surface area contributed by atoms with Gasteiger partial charge in [-0.25, -0.2) is 8.42 Å². The van der Waals surface area contributed by atoms with Crippen LogP contribution in [0.25, 0.3) is 0 Å². The van der Waals surface area contributed by atoms with E-state index in [2.05, 4.69) is 5.32 Å². The molecule has 230 valence electrons. The topological polar surface area (TPSA) is 86.8 Å². The number of carbonyl (C=O) groups excluding carboxylic acids is 2. The normalized spacial score (nSPS) is 14.6. The second-order valence-corrected chi connectivity index (χ2v) is 13.9. The summed E-state index contributed by atoms with van der Waals surface area (Å²) in [7, 11) is -4.18. The number of anilines is 1. The van der Waals surface area contributed by atoms with Gasteiger partial charge in [-0.05, 0) is 79.8 Å². The number of hydrogen-bond donors (Lipinski definition) is 1. The van der Waals surface area contributed by atoms with Gasteiger partial charge < -0.3 is 10.2 Å². The maximum absolute atomic E-state index is 14.3. The van der Waals surface area contributed by atoms with Crippen molar-refractivity contribution in [2.75, 3.05) is 10.8 Å². The van der Waals surface area contributed by atoms with Gasteiger partial charge in [0.25, 0.3) is 10.0 Å². The molecule has 0 saturated heterocycles. The van der Waals surface area contributed by atoms with Gasteiger partial charge in [-0.3, -0.25) is 13.9 Å². The quantitative estimate of drug-likeness (QED) is 0.231. The highest BCUT2D eigenvalue weighted by Crippen LogP contribution is 2.30. The van der Waals surface area contributed by atoms with Crippen molar-refractivity contribution >= 4 is 62.3 Å². The van der Waals surface area contributed by atoms with Crippen molar-refractivity contribution in [3.05, 3.63) is 92.9 Å². The van der Waals surface area contributed by atoms with Crippen molar-refractivity contribution in [2.24, 2.45) is 0 Å². The number of nitrogens with zero attached hydrogens (tertiary/aromatic N) is 2. The number of rotatable bonds is 11. The number of benzene rings is 3. The van der Waals surface area contributed by atoms with Crippen LogP contribution in [0.3, 0.4) is 0 Å². The number of sulfonamides is 1. The monoisotopic (exact) mass is 663 g/mol. The van der Waals surface area contributed by atoms with Crippen LogP contribution >= 0.6 is 34.8 Å². The molecule has 1 aliphatic carbocycles. The van der Waals surface area contributed by atoms with E-state index in [1.807, 2.05) is 6.92 Å². The van der Waals surface area contributed by atoms with Gasteiger partial charge in [0.2, 0.25) is 11.8 Å². The van der Waals surface area contributed by atoms with Gasteiger partial charge >= 0.3 is 0 Å². The van der Waals surface area contributed by atoms with E-state index in [0.717, 1.165) is 36.4 Å². The molecule has 0 spiro atoms. The van der Waals surface area contributed by atoms with Crippen molar-refractivity contribution in [3.63, 3.8) is 0 Å². The van der Waals surface area contributed by atoms with E-state index in [4.69, 9.17) is 34.8 Å². The summed E-state index contributed by atoms with van der Waals surface area (Å²) in [5, 5.41) is 4.36. The van der Waals surface area contributed by atoms with Crippen LogP contribution in [0, 0.1) is 6.92 Å². The molecule has 0 bridgehead atoms. The highest BCUT2D eigenvalue weighted by atomic mass is 35.5. The summed E-state index contributed by atoms with van der Waals surface area (Å²) >= 11 is 18.8. The lowest BCUT2D eigenvalue weighted by Crippen LogP contribution is -2.54. The Labute approximate surface area is 269 Å². The summed E-state index contributed by atoms with van der Waals surface area (Å²) in [5.74, 6) is -0.821. The standard InChI is InChI=1S/C32H36Cl3N3O4S/c1-3-29(32(40)36-26-10-6-4-7-11-26)37(20-23-14-15-25(34)19-28(23)35)31(39)21-38(30-17-16-24(33)18-22(30)2)43(41,42)27-12-8-5-9-13-27/h5,8-9,12-19,26,29H,3-4,6-7,10-11,20-21H2,1-2H3,(H,36,40). The summed E-state index contributed by atoms with van der Waals surface area (Å²) in [6, 6.07) is 16.9. The van der Waals surface area contributed by atoms with E-state index in [-0.39, 0.29) is 23.4 Å². The van der Waals surface area contributed by atoms with Crippen LogP contribution in [0.15, 0.2) is 71.6 Å². The lowest BCUT2D eigenvalue weighted by Gasteiger charge is -2.35. The molecule has 7 nitrogen and oxygen atoms in total. The average Bonchev–Trinajstić information content (AvgIpc) is 2.98. The molecule has 11 heteroatoms. The lowest BCUT2D eigenvalue weighted by atomic mass is 9.95. The number of hydrogen-bond acceptors (Lipinski definition) is 4. The molecule has 1 atom stereocenters. The molecule has 1 N–H and O–H groups in total. The van der Waals surface area contributed by atoms with Crippen molar-refractivity contribution in [3.8, 4) is 0 Å². The molecular weight excluding hydrogens is 629 g/mol. The van der Waals surface area contributed by atoms with E-state index in [9.17, 15) is 18.0 Å². The lowest BCUT2D eigenvalue weighted by molar-refractivity contribution is -0.140. The van der Waals surface area contributed by atoms with Crippen LogP contribution in [0.2, 0.25) is 15.1 Å². The van der Waals surface area contributed by atoms with Crippen molar-refractivity contribution in [2.45, 2.75) is 75.9 Å². The van der Waals surface area contributed by atoms with Gasteiger partial charge in [0.05, 0.1) is 10.6 Å². The minimum absolute atomic E-state index is 0.00967. The average molecular weight is 665 g/mol. The predicted molar refractivity (Wildman–Crippen MR) is 173 cm³/mol. The highest BCUT2D eigenvalue weighted by molar-refractivity contribution is 7.92. The molecule has 1 saturated carbocycles. The molecule has 1 aliphatic rings. The summed E-state index contributed by atoms with van der Waals surface area (Å²) in [6.07, 6.45) is 5.31. The maximum atomic E-state index is 14.3. The van der Waals surface area contributed by atoms with Crippen molar-refractivity contribution < 1.29 is 18.0 Å². The Hall–Kier alpha value is -2.78. The summed E-state index contributed by atoms with van der Waals surface area (Å²) < 4.78 is 29.1. The number of nitrogens with one attached hydrogen (secondary N) is 1. The Balaban J connectivity index is 1.74. The van der Waals surface area contributed by atoms with Crippen LogP contribution in [-0.2, 0) is 26.2 Å². The minimum atomic E-state index is -4.18. The largest absolute Gasteiger partial charge is 0.352 e. The van der Waals surface area contributed by atoms with Crippen molar-refractivity contribution in [1.82, 2.24) is 10.2 Å². The predicted octanol–water partition coefficient (Wildman–Crippen LogP) is 7.41. The van der Waals surface area contributed by atoms with Gasteiger partial charge in [-0.1, -0.05) is 85.3 Å². The number of halogens is 3. The SMILES string of the molecule is CCC(C(=O)NC1CCCCC1)N(Cc1ccc(Cl)cc1Cl)C(=O)CN(c1ccc(Cl)cc1C)S(=O)(=O)c1ccccc1. The van der Waals surface area contributed by atoms with E-state index in [1.54, 1.807) is 61.5 Å². The molecule has 1 unspecified atom stereocenters. The van der Waals surface area contributed by atoms with Gasteiger partial charge in [0.1, 0.15) is 12.6 Å². The molecule has 4 rings (SSSR count). The third-order valence-electron chi connectivity index (χ3n) is 7.73. The third-order valence-corrected chi connectivity index (χ3v) is 10.3. The molecule has 3 aromatic rings. The van der Waals surface area contributed by atoms with Crippen molar-refractivity contribution in [1.29, 1.82) is 0 Å². The molecule has 0 heterocycles. The van der Waals surface area contributed by atoms with Gasteiger partial charge in [-0.2, -0.15) is 0 Å². The second kappa shape index (κ2) is 14.8. The molecule has 1 fully saturated rings. The molecular formula is C32H36Cl3N3O4S. The smallest absolute Gasteiger partial charge is 0.264 e. The van der Waals surface area contributed by atoms with E-state index in [1.165, 1.54) is 17.0 Å². The molecule has 0 aliphatic heterocycles. The fourth-order valence-corrected chi connectivity index (χ4v) is 7.62. The Morgan fingerprint density at radius 1 is 0.930 bits per heavy atom. The zero-order valence-corrected chi connectivity index (χ0v) is 27.3. The van der Waals surface area contributed by atoms with E-state index < -0.39 is 28.5 Å². The fourth-order valence-electron chi connectivity index (χ4n) is 5.43. The Morgan fingerprint density at radius 2 is 1.58 bits per heavy atom. The fraction of sp³-hybridized carbons (Fsp3) is 0.375. The van der Waals surface area contributed by atoms with E-state index in [0.29, 0.717) is 38.3 Å². The van der Waals surface area contributed by atoms with Gasteiger partial charge in [0, 0.05) is 27.7 Å². The molecule has 0 radical (unpaired) electrons. The number of aryl methyl sites for hydroxylation is 1. The van der Waals surface area contributed by atoms with Crippen LogP contribution in [0.1, 0.15) is 56.6 Å². The molecule has 2 amide bonds. The Bertz CT molecular complexity index is 1550. The first-order valence-corrected chi connectivity index (χ1v) is 17.0. The summed E-state index contributed by atoms with van der Waals surface area (Å²) in [6.45, 7) is 3.01. The van der Waals surface area contributed by atoms with Crippen LogP contribution in [0.5, 0.6) is 0 Å². The first-order valence-electron chi connectivity index (χ1n) is 14.4. The second-order valence-electron chi connectivity index (χ2n) is 10.8. The zero-order chi connectivity index (χ0) is 31.1. The molecule has 43 heavy (non-hydrogen) atoms. The summed E-state index contributed by atoms with van der Waals surface area (Å²) in [5.41, 5.74) is 1.48. The maximum Gasteiger partial charge on any atom is 0.264 e. The third kappa shape index (κ3) is 8.24. The first kappa shape index (κ1) is 33.1. The number of carbonyl (C=O) groups is 2. The Kier molecular flexibility index (Phi) is 11.4. The number of amides is 2. The van der Waals surface area contributed by atoms with Crippen LogP contribution in [0.4, 0.5) is 5.69 Å². The first-order chi connectivity index (χ1) is 20.5. The van der Waals surface area contributed by atoms with Crippen LogP contribution in [-0.4, -0.2) is 43.8 Å². The minimum Gasteiger partial charge on any atom is -0.352 e. The highest BCUT2D eigenvalue weighted by Gasteiger charge is 2.35. The van der Waals surface area contributed by atoms with E-state index >= 15 is 0 Å². The molecule has 3 aromatic carbocycles. The summed E-state index contributed by atoms with van der Waals surface area (Å²) in [4.78, 5) is 29.4. The zero-order valence-electron chi connectivity index (χ0n) is 24.2. The Morgan fingerprint density at radius 3 is 2.21 bits per heavy atom.